The van der Waals surface area contributed by atoms with E-state index in [4.69, 9.17) is 0 Å². The minimum absolute atomic E-state index is 0.198. The Morgan fingerprint density at radius 3 is 1.59 bits per heavy atom. The van der Waals surface area contributed by atoms with Crippen molar-refractivity contribution in [2.24, 2.45) is 0 Å². The van der Waals surface area contributed by atoms with Crippen LogP contribution in [0.2, 0.25) is 0 Å². The Hall–Kier alpha value is -6.70. The molecule has 1 nitrogen and oxygen atoms in total. The maximum Gasteiger partial charge on any atom is 0.0384 e. The van der Waals surface area contributed by atoms with Gasteiger partial charge in [0.15, 0.2) is 0 Å². The summed E-state index contributed by atoms with van der Waals surface area (Å²) in [5, 5.41) is 11.5. The first-order valence-corrected chi connectivity index (χ1v) is 18.8. The summed E-state index contributed by atoms with van der Waals surface area (Å²) in [5.74, 6) is 0. The number of nitrogens with one attached hydrogen (secondary N) is 1. The highest BCUT2D eigenvalue weighted by Gasteiger charge is 2.35. The molecule has 0 atom stereocenters. The topological polar surface area (TPSA) is 12.0 Å². The van der Waals surface area contributed by atoms with Crippen LogP contribution in [-0.2, 0) is 5.41 Å². The molecule has 0 aliphatic heterocycles. The van der Waals surface area contributed by atoms with Crippen molar-refractivity contribution in [1.82, 2.24) is 0 Å². The van der Waals surface area contributed by atoms with E-state index in [1.54, 1.807) is 0 Å². The summed E-state index contributed by atoms with van der Waals surface area (Å²) in [4.78, 5) is 0. The summed E-state index contributed by atoms with van der Waals surface area (Å²) in [5.41, 5.74) is 14.5. The lowest BCUT2D eigenvalue weighted by Gasteiger charge is -2.25. The highest BCUT2D eigenvalue weighted by atomic mass is 14.9. The molecule has 10 rings (SSSR count). The Bertz CT molecular complexity index is 2880. The van der Waals surface area contributed by atoms with Crippen molar-refractivity contribution < 1.29 is 0 Å². The third kappa shape index (κ3) is 5.32. The Morgan fingerprint density at radius 1 is 0.389 bits per heavy atom. The fourth-order valence-corrected chi connectivity index (χ4v) is 8.77. The van der Waals surface area contributed by atoms with Crippen LogP contribution in [-0.4, -0.2) is 0 Å². The highest BCUT2D eigenvalue weighted by Crippen LogP contribution is 2.52. The second-order valence-electron chi connectivity index (χ2n) is 15.0. The molecular weight excluding hydrogens is 651 g/mol. The van der Waals surface area contributed by atoms with Gasteiger partial charge in [0.25, 0.3) is 0 Å². The van der Waals surface area contributed by atoms with E-state index in [1.807, 2.05) is 6.07 Å². The zero-order valence-corrected chi connectivity index (χ0v) is 30.5. The van der Waals surface area contributed by atoms with Crippen LogP contribution in [0.4, 0.5) is 11.4 Å². The van der Waals surface area contributed by atoms with Gasteiger partial charge in [0.1, 0.15) is 0 Å². The van der Waals surface area contributed by atoms with Crippen molar-refractivity contribution in [3.63, 3.8) is 0 Å². The van der Waals surface area contributed by atoms with Gasteiger partial charge in [-0.3, -0.25) is 0 Å². The number of benzene rings is 9. The first-order valence-electron chi connectivity index (χ1n) is 18.8. The van der Waals surface area contributed by atoms with Crippen molar-refractivity contribution in [3.8, 4) is 11.1 Å². The Morgan fingerprint density at radius 2 is 0.907 bits per heavy atom. The molecule has 256 valence electrons. The van der Waals surface area contributed by atoms with E-state index in [9.17, 15) is 0 Å². The highest BCUT2D eigenvalue weighted by molar-refractivity contribution is 6.18. The van der Waals surface area contributed by atoms with E-state index < -0.39 is 0 Å². The second-order valence-corrected chi connectivity index (χ2v) is 15.0. The molecule has 0 spiro atoms. The van der Waals surface area contributed by atoms with Crippen molar-refractivity contribution in [2.75, 3.05) is 5.32 Å². The maximum absolute atomic E-state index is 3.57. The summed E-state index contributed by atoms with van der Waals surface area (Å²) in [6, 6.07) is 70.9. The third-order valence-electron chi connectivity index (χ3n) is 11.4. The second kappa shape index (κ2) is 12.8. The van der Waals surface area contributed by atoms with Gasteiger partial charge < -0.3 is 5.32 Å². The van der Waals surface area contributed by atoms with E-state index >= 15 is 0 Å². The number of hydrogen-bond donors (Lipinski definition) is 1. The third-order valence-corrected chi connectivity index (χ3v) is 11.4. The van der Waals surface area contributed by atoms with Crippen LogP contribution >= 0.6 is 0 Å². The van der Waals surface area contributed by atoms with Crippen molar-refractivity contribution in [3.05, 3.63) is 228 Å². The Balaban J connectivity index is 1.18. The molecule has 0 unspecified atom stereocenters. The van der Waals surface area contributed by atoms with Crippen molar-refractivity contribution >= 4 is 54.8 Å². The number of para-hydroxylation sites is 1. The molecule has 0 radical (unpaired) electrons. The molecule has 0 heterocycles. The van der Waals surface area contributed by atoms with Gasteiger partial charge in [0.2, 0.25) is 0 Å². The van der Waals surface area contributed by atoms with Gasteiger partial charge in [-0.2, -0.15) is 0 Å². The monoisotopic (exact) mass is 689 g/mol. The van der Waals surface area contributed by atoms with E-state index in [-0.39, 0.29) is 5.41 Å². The van der Waals surface area contributed by atoms with Crippen LogP contribution in [0.5, 0.6) is 0 Å². The van der Waals surface area contributed by atoms with Crippen LogP contribution in [0.1, 0.15) is 47.2 Å². The minimum Gasteiger partial charge on any atom is -0.356 e. The maximum atomic E-state index is 3.57. The standard InChI is InChI=1S/C53H39N/c1-53(2)47-33-41(46-24-14-20-35-15-12-13-23-45(35)46)31-39-25-26-40-32-42(34-48(53)52(40)51(39)47)50(37-18-8-4-9-19-37)49(36-16-6-3-7-17-36)38-27-29-44(30-28-38)54-43-21-10-5-11-22-43/h3-34,54H,1-2H3/b50-49+. The lowest BCUT2D eigenvalue weighted by atomic mass is 9.78. The van der Waals surface area contributed by atoms with Crippen LogP contribution in [0.25, 0.3) is 54.6 Å². The molecule has 1 aliphatic rings. The lowest BCUT2D eigenvalue weighted by molar-refractivity contribution is 0.663. The smallest absolute Gasteiger partial charge is 0.0384 e. The fraction of sp³-hybridized carbons (Fsp3) is 0.0566. The molecule has 0 saturated carbocycles. The van der Waals surface area contributed by atoms with Gasteiger partial charge in [0, 0.05) is 16.8 Å². The fourth-order valence-electron chi connectivity index (χ4n) is 8.77. The summed E-state index contributed by atoms with van der Waals surface area (Å²) >= 11 is 0. The molecule has 1 N–H and O–H groups in total. The summed E-state index contributed by atoms with van der Waals surface area (Å²) < 4.78 is 0. The van der Waals surface area contributed by atoms with Gasteiger partial charge in [0.05, 0.1) is 0 Å². The van der Waals surface area contributed by atoms with Gasteiger partial charge >= 0.3 is 0 Å². The molecule has 0 amide bonds. The predicted octanol–water partition coefficient (Wildman–Crippen LogP) is 14.2. The molecule has 9 aromatic carbocycles. The number of hydrogen-bond acceptors (Lipinski definition) is 1. The molecule has 9 aromatic rings. The van der Waals surface area contributed by atoms with Crippen LogP contribution in [0.3, 0.4) is 0 Å². The van der Waals surface area contributed by atoms with Gasteiger partial charge in [-0.1, -0.05) is 159 Å². The average Bonchev–Trinajstić information content (AvgIpc) is 3.46. The summed E-state index contributed by atoms with van der Waals surface area (Å²) in [7, 11) is 0. The van der Waals surface area contributed by atoms with Crippen molar-refractivity contribution in [1.29, 1.82) is 0 Å². The normalized spacial score (nSPS) is 13.4. The van der Waals surface area contributed by atoms with E-state index in [0.717, 1.165) is 11.4 Å². The van der Waals surface area contributed by atoms with Gasteiger partial charge in [-0.05, 0) is 137 Å². The zero-order valence-electron chi connectivity index (χ0n) is 30.5. The molecule has 0 bridgehead atoms. The Labute approximate surface area is 316 Å². The van der Waals surface area contributed by atoms with Gasteiger partial charge in [-0.15, -0.1) is 0 Å². The van der Waals surface area contributed by atoms with Crippen molar-refractivity contribution in [2.45, 2.75) is 19.3 Å². The molecule has 0 fully saturated rings. The van der Waals surface area contributed by atoms with E-state index in [0.29, 0.717) is 0 Å². The SMILES string of the molecule is CC1(C)c2cc(/C(=C(\c3ccccc3)c3ccc(Nc4ccccc4)cc3)c3ccccc3)cc3ccc4cc(-c5cccc6ccccc56)cc1c4c23. The van der Waals surface area contributed by atoms with Gasteiger partial charge in [-0.25, -0.2) is 0 Å². The largest absolute Gasteiger partial charge is 0.356 e. The first kappa shape index (κ1) is 32.0. The average molecular weight is 690 g/mol. The Kier molecular flexibility index (Phi) is 7.56. The number of rotatable bonds is 7. The predicted molar refractivity (Wildman–Crippen MR) is 231 cm³/mol. The molecule has 54 heavy (non-hydrogen) atoms. The number of fused-ring (bicyclic) bond motifs is 1. The molecule has 1 aliphatic carbocycles. The van der Waals surface area contributed by atoms with E-state index in [2.05, 4.69) is 207 Å². The summed E-state index contributed by atoms with van der Waals surface area (Å²) in [6.45, 7) is 4.82. The quantitative estimate of drug-likeness (QED) is 0.130. The lowest BCUT2D eigenvalue weighted by Crippen LogP contribution is -2.16. The molecule has 1 heteroatoms. The van der Waals surface area contributed by atoms with E-state index in [1.165, 1.54) is 88.0 Å². The first-order chi connectivity index (χ1) is 26.5. The minimum atomic E-state index is -0.198. The molecule has 0 aromatic heterocycles. The van der Waals surface area contributed by atoms with Crippen LogP contribution < -0.4 is 5.32 Å². The molecule has 0 saturated heterocycles. The zero-order chi connectivity index (χ0) is 36.2. The summed E-state index contributed by atoms with van der Waals surface area (Å²) in [6.07, 6.45) is 0. The molecular formula is C53H39N. The number of anilines is 2. The van der Waals surface area contributed by atoms with Crippen LogP contribution in [0.15, 0.2) is 194 Å². The van der Waals surface area contributed by atoms with Crippen LogP contribution in [0, 0.1) is 0 Å².